The molecule has 0 aliphatic carbocycles. The summed E-state index contributed by atoms with van der Waals surface area (Å²) in [6.45, 7) is 1.94. The summed E-state index contributed by atoms with van der Waals surface area (Å²) in [5, 5.41) is 11.5. The van der Waals surface area contributed by atoms with Crippen molar-refractivity contribution in [3.05, 3.63) is 56.2 Å². The average Bonchev–Trinajstić information content (AvgIpc) is 2.42. The number of carboxylic acid groups (broad SMARTS) is 1. The van der Waals surface area contributed by atoms with Crippen molar-refractivity contribution in [3.63, 3.8) is 0 Å². The van der Waals surface area contributed by atoms with Gasteiger partial charge in [0.15, 0.2) is 0 Å². The zero-order valence-corrected chi connectivity index (χ0v) is 14.0. The molecule has 0 aliphatic rings. The van der Waals surface area contributed by atoms with Crippen molar-refractivity contribution in [2.75, 3.05) is 5.32 Å². The Hall–Kier alpha value is -1.73. The molecule has 0 spiro atoms. The van der Waals surface area contributed by atoms with Gasteiger partial charge in [-0.05, 0) is 68.6 Å². The van der Waals surface area contributed by atoms with E-state index in [4.69, 9.17) is 5.11 Å². The topological polar surface area (TPSA) is 79.3 Å². The van der Waals surface area contributed by atoms with Crippen LogP contribution in [0.15, 0.2) is 39.4 Å². The number of aromatic nitrogens is 1. The molecule has 1 aromatic heterocycles. The number of carboxylic acids is 1. The van der Waals surface area contributed by atoms with Gasteiger partial charge in [0.2, 0.25) is 0 Å². The number of carbonyl (C=O) groups excluding carboxylic acids is 1. The monoisotopic (exact) mass is 412 g/mol. The zero-order valence-electron chi connectivity index (χ0n) is 10.9. The molecule has 21 heavy (non-hydrogen) atoms. The Morgan fingerprint density at radius 3 is 2.29 bits per heavy atom. The summed E-state index contributed by atoms with van der Waals surface area (Å²) in [6, 6.07) is 6.46. The first-order valence-corrected chi connectivity index (χ1v) is 7.43. The minimum absolute atomic E-state index is 0.0317. The third-order valence-corrected chi connectivity index (χ3v) is 3.92. The highest BCUT2D eigenvalue weighted by Crippen LogP contribution is 2.32. The van der Waals surface area contributed by atoms with Gasteiger partial charge in [0.25, 0.3) is 5.91 Å². The van der Waals surface area contributed by atoms with Gasteiger partial charge in [0.05, 0.1) is 11.3 Å². The van der Waals surface area contributed by atoms with E-state index >= 15 is 0 Å². The van der Waals surface area contributed by atoms with Crippen molar-refractivity contribution < 1.29 is 14.7 Å². The van der Waals surface area contributed by atoms with Crippen molar-refractivity contribution in [1.29, 1.82) is 0 Å². The highest BCUT2D eigenvalue weighted by molar-refractivity contribution is 9.11. The van der Waals surface area contributed by atoms with E-state index in [-0.39, 0.29) is 11.3 Å². The fourth-order valence-electron chi connectivity index (χ4n) is 1.65. The lowest BCUT2D eigenvalue weighted by molar-refractivity contribution is 0.0696. The molecule has 2 rings (SSSR count). The van der Waals surface area contributed by atoms with Crippen LogP contribution in [0.25, 0.3) is 0 Å². The Morgan fingerprint density at radius 1 is 1.19 bits per heavy atom. The molecule has 1 heterocycles. The Kier molecular flexibility index (Phi) is 4.74. The third kappa shape index (κ3) is 3.68. The summed E-state index contributed by atoms with van der Waals surface area (Å²) in [5.41, 5.74) is 1.80. The molecule has 1 aromatic carbocycles. The smallest absolute Gasteiger partial charge is 0.337 e. The molecule has 1 amide bonds. The number of benzene rings is 1. The molecule has 0 aliphatic heterocycles. The second kappa shape index (κ2) is 6.36. The van der Waals surface area contributed by atoms with E-state index in [1.165, 1.54) is 12.1 Å². The fraction of sp³-hybridized carbons (Fsp3) is 0.0714. The van der Waals surface area contributed by atoms with E-state index in [0.717, 1.165) is 20.7 Å². The molecule has 0 radical (unpaired) electrons. The van der Waals surface area contributed by atoms with Crippen LogP contribution in [-0.2, 0) is 0 Å². The van der Waals surface area contributed by atoms with Gasteiger partial charge in [0, 0.05) is 15.1 Å². The van der Waals surface area contributed by atoms with Gasteiger partial charge in [-0.1, -0.05) is 0 Å². The molecule has 108 valence electrons. The Morgan fingerprint density at radius 2 is 1.81 bits per heavy atom. The number of nitrogens with one attached hydrogen (secondary N) is 1. The summed E-state index contributed by atoms with van der Waals surface area (Å²) >= 11 is 6.77. The van der Waals surface area contributed by atoms with Gasteiger partial charge < -0.3 is 10.4 Å². The molecule has 0 saturated heterocycles. The van der Waals surface area contributed by atoms with Crippen LogP contribution in [0.5, 0.6) is 0 Å². The molecule has 2 N–H and O–H groups in total. The van der Waals surface area contributed by atoms with E-state index in [9.17, 15) is 9.59 Å². The Labute approximate surface area is 137 Å². The first kappa shape index (κ1) is 15.7. The number of halogens is 2. The number of aromatic carboxylic acids is 1. The highest BCUT2D eigenvalue weighted by Gasteiger charge is 2.13. The van der Waals surface area contributed by atoms with E-state index in [1.54, 1.807) is 0 Å². The van der Waals surface area contributed by atoms with Gasteiger partial charge in [0.1, 0.15) is 5.69 Å². The van der Waals surface area contributed by atoms with E-state index in [0.29, 0.717) is 5.69 Å². The van der Waals surface area contributed by atoms with Gasteiger partial charge in [-0.15, -0.1) is 0 Å². The summed E-state index contributed by atoms with van der Waals surface area (Å²) in [4.78, 5) is 26.7. The number of hydrogen-bond acceptors (Lipinski definition) is 3. The molecule has 0 unspecified atom stereocenters. The second-order valence-electron chi connectivity index (χ2n) is 4.29. The zero-order chi connectivity index (χ0) is 15.6. The number of pyridine rings is 1. The van der Waals surface area contributed by atoms with Crippen LogP contribution >= 0.6 is 31.9 Å². The number of carbonyl (C=O) groups is 2. The first-order chi connectivity index (χ1) is 9.88. The second-order valence-corrected chi connectivity index (χ2v) is 6.00. The molecule has 0 saturated carbocycles. The molecular weight excluding hydrogens is 404 g/mol. The number of hydrogen-bond donors (Lipinski definition) is 2. The van der Waals surface area contributed by atoms with Gasteiger partial charge in [-0.2, -0.15) is 0 Å². The summed E-state index contributed by atoms with van der Waals surface area (Å²) in [6.07, 6.45) is 1.15. The number of nitrogens with zero attached hydrogens (tertiary/aromatic N) is 1. The summed E-state index contributed by atoms with van der Waals surface area (Å²) < 4.78 is 1.48. The molecule has 7 heteroatoms. The van der Waals surface area contributed by atoms with Gasteiger partial charge >= 0.3 is 5.97 Å². The lowest BCUT2D eigenvalue weighted by atomic mass is 10.2. The minimum atomic E-state index is -1.08. The molecule has 2 aromatic rings. The van der Waals surface area contributed by atoms with Crippen molar-refractivity contribution in [2.24, 2.45) is 0 Å². The van der Waals surface area contributed by atoms with E-state index < -0.39 is 11.9 Å². The van der Waals surface area contributed by atoms with Gasteiger partial charge in [-0.25, -0.2) is 4.79 Å². The van der Waals surface area contributed by atoms with E-state index in [2.05, 4.69) is 42.2 Å². The maximum absolute atomic E-state index is 12.1. The van der Waals surface area contributed by atoms with Crippen molar-refractivity contribution >= 4 is 49.4 Å². The quantitative estimate of drug-likeness (QED) is 0.800. The van der Waals surface area contributed by atoms with E-state index in [1.807, 2.05) is 19.1 Å². The van der Waals surface area contributed by atoms with Crippen molar-refractivity contribution in [1.82, 2.24) is 4.98 Å². The van der Waals surface area contributed by atoms with Crippen LogP contribution in [0.2, 0.25) is 0 Å². The Balaban J connectivity index is 2.24. The lowest BCUT2D eigenvalue weighted by Crippen LogP contribution is -2.15. The maximum atomic E-state index is 12.1. The largest absolute Gasteiger partial charge is 0.478 e. The van der Waals surface area contributed by atoms with Crippen LogP contribution in [0, 0.1) is 6.92 Å². The average molecular weight is 414 g/mol. The predicted molar refractivity (Wildman–Crippen MR) is 85.7 cm³/mol. The van der Waals surface area contributed by atoms with Gasteiger partial charge in [-0.3, -0.25) is 9.78 Å². The predicted octanol–water partition coefficient (Wildman–Crippen LogP) is 3.87. The summed E-state index contributed by atoms with van der Waals surface area (Å²) in [5.74, 6) is -1.50. The standard InChI is InChI=1S/C14H10Br2N2O3/c1-7-4-9(15)12(10(16)5-7)18-13(19)11-3-2-8(6-17-11)14(20)21/h2-6H,1H3,(H,18,19)(H,20,21). The maximum Gasteiger partial charge on any atom is 0.337 e. The van der Waals surface area contributed by atoms with Crippen LogP contribution in [0.4, 0.5) is 5.69 Å². The van der Waals surface area contributed by atoms with Crippen molar-refractivity contribution in [2.45, 2.75) is 6.92 Å². The van der Waals surface area contributed by atoms with Crippen molar-refractivity contribution in [3.8, 4) is 0 Å². The number of amides is 1. The molecule has 0 fully saturated rings. The van der Waals surface area contributed by atoms with Crippen LogP contribution in [0.1, 0.15) is 26.4 Å². The SMILES string of the molecule is Cc1cc(Br)c(NC(=O)c2ccc(C(=O)O)cn2)c(Br)c1. The number of rotatable bonds is 3. The molecule has 5 nitrogen and oxygen atoms in total. The molecular formula is C14H10Br2N2O3. The normalized spacial score (nSPS) is 10.2. The van der Waals surface area contributed by atoms with Crippen LogP contribution in [0.3, 0.4) is 0 Å². The first-order valence-electron chi connectivity index (χ1n) is 5.85. The lowest BCUT2D eigenvalue weighted by Gasteiger charge is -2.10. The Bertz CT molecular complexity index is 692. The molecule has 0 bridgehead atoms. The highest BCUT2D eigenvalue weighted by atomic mass is 79.9. The molecule has 0 atom stereocenters. The van der Waals surface area contributed by atoms with Crippen LogP contribution in [-0.4, -0.2) is 22.0 Å². The third-order valence-electron chi connectivity index (χ3n) is 2.67. The van der Waals surface area contributed by atoms with Crippen LogP contribution < -0.4 is 5.32 Å². The number of anilines is 1. The minimum Gasteiger partial charge on any atom is -0.478 e. The fourth-order valence-corrected chi connectivity index (χ4v) is 3.27. The summed E-state index contributed by atoms with van der Waals surface area (Å²) in [7, 11) is 0. The number of aryl methyl sites for hydroxylation is 1.